The lowest BCUT2D eigenvalue weighted by Crippen LogP contribution is -2.50. The normalized spacial score (nSPS) is 25.8. The summed E-state index contributed by atoms with van der Waals surface area (Å²) in [7, 11) is 0. The predicted molar refractivity (Wildman–Crippen MR) is 97.1 cm³/mol. The second-order valence-electron chi connectivity index (χ2n) is 8.38. The van der Waals surface area contributed by atoms with Crippen molar-refractivity contribution in [1.82, 2.24) is 9.80 Å². The minimum Gasteiger partial charge on any atom is -0.375 e. The zero-order valence-electron chi connectivity index (χ0n) is 16.0. The first-order valence-electron chi connectivity index (χ1n) is 10.2. The van der Waals surface area contributed by atoms with Crippen LogP contribution in [-0.2, 0) is 14.3 Å². The molecule has 1 saturated carbocycles. The van der Waals surface area contributed by atoms with Gasteiger partial charge in [-0.2, -0.15) is 0 Å². The number of rotatable bonds is 6. The predicted octanol–water partition coefficient (Wildman–Crippen LogP) is 2.83. The van der Waals surface area contributed by atoms with E-state index in [0.29, 0.717) is 18.2 Å². The van der Waals surface area contributed by atoms with E-state index in [1.54, 1.807) is 6.92 Å². The van der Waals surface area contributed by atoms with Gasteiger partial charge in [-0.1, -0.05) is 6.92 Å². The summed E-state index contributed by atoms with van der Waals surface area (Å²) in [5, 5.41) is 0. The number of hydrogen-bond donors (Lipinski definition) is 0. The molecule has 2 heterocycles. The monoisotopic (exact) mass is 350 g/mol. The van der Waals surface area contributed by atoms with Gasteiger partial charge in [0.1, 0.15) is 0 Å². The summed E-state index contributed by atoms with van der Waals surface area (Å²) >= 11 is 0. The third kappa shape index (κ3) is 4.96. The Bertz CT molecular complexity index is 481. The average molecular weight is 351 g/mol. The molecule has 2 aliphatic heterocycles. The third-order valence-corrected chi connectivity index (χ3v) is 6.20. The number of carbonyl (C=O) groups excluding carboxylic acids is 2. The van der Waals surface area contributed by atoms with E-state index < -0.39 is 0 Å². The maximum Gasteiger partial charge on any atom is 0.222 e. The molecular formula is C20H34N2O3. The fraction of sp³-hybridized carbons (Fsp3) is 0.900. The molecule has 1 atom stereocenters. The average Bonchev–Trinajstić information content (AvgIpc) is 3.39. The standard InChI is InChI=1S/C20H34N2O3/c1-3-9-22(15-17-4-5-17)19(24)13-18-6-12-25-20(14-18)7-10-21(11-8-20)16(2)23/h17-18H,3-15H2,1-2H3. The molecule has 1 spiro atoms. The number of likely N-dealkylation sites (tertiary alicyclic amines) is 1. The molecule has 2 amide bonds. The van der Waals surface area contributed by atoms with Crippen molar-refractivity contribution in [3.8, 4) is 0 Å². The van der Waals surface area contributed by atoms with Crippen molar-refractivity contribution in [3.63, 3.8) is 0 Å². The van der Waals surface area contributed by atoms with Gasteiger partial charge in [-0.3, -0.25) is 9.59 Å². The molecule has 0 aromatic rings. The van der Waals surface area contributed by atoms with Crippen molar-refractivity contribution in [2.24, 2.45) is 11.8 Å². The van der Waals surface area contributed by atoms with Gasteiger partial charge in [-0.15, -0.1) is 0 Å². The van der Waals surface area contributed by atoms with Crippen LogP contribution in [0.4, 0.5) is 0 Å². The Labute approximate surface area is 152 Å². The molecule has 5 nitrogen and oxygen atoms in total. The fourth-order valence-corrected chi connectivity index (χ4v) is 4.46. The van der Waals surface area contributed by atoms with Gasteiger partial charge in [-0.25, -0.2) is 0 Å². The van der Waals surface area contributed by atoms with Crippen LogP contribution < -0.4 is 0 Å². The first kappa shape index (κ1) is 18.7. The number of hydrogen-bond acceptors (Lipinski definition) is 3. The van der Waals surface area contributed by atoms with Crippen LogP contribution in [0.25, 0.3) is 0 Å². The van der Waals surface area contributed by atoms with Crippen LogP contribution in [0, 0.1) is 11.8 Å². The zero-order valence-corrected chi connectivity index (χ0v) is 16.0. The van der Waals surface area contributed by atoms with E-state index in [0.717, 1.165) is 70.8 Å². The summed E-state index contributed by atoms with van der Waals surface area (Å²) in [5.41, 5.74) is -0.0960. The topological polar surface area (TPSA) is 49.9 Å². The van der Waals surface area contributed by atoms with Crippen molar-refractivity contribution >= 4 is 11.8 Å². The molecule has 3 fully saturated rings. The summed E-state index contributed by atoms with van der Waals surface area (Å²) in [6.07, 6.45) is 8.10. The Balaban J connectivity index is 1.52. The molecule has 0 bridgehead atoms. The molecule has 0 aromatic heterocycles. The number of nitrogens with zero attached hydrogens (tertiary/aromatic N) is 2. The van der Waals surface area contributed by atoms with Crippen LogP contribution in [-0.4, -0.2) is 60.0 Å². The zero-order chi connectivity index (χ0) is 17.9. The summed E-state index contributed by atoms with van der Waals surface area (Å²) in [6.45, 7) is 8.00. The summed E-state index contributed by atoms with van der Waals surface area (Å²) in [4.78, 5) is 28.4. The van der Waals surface area contributed by atoms with Gasteiger partial charge in [0.15, 0.2) is 0 Å². The van der Waals surface area contributed by atoms with Crippen LogP contribution in [0.5, 0.6) is 0 Å². The Morgan fingerprint density at radius 3 is 2.48 bits per heavy atom. The van der Waals surface area contributed by atoms with Crippen LogP contribution in [0.15, 0.2) is 0 Å². The third-order valence-electron chi connectivity index (χ3n) is 6.20. The molecule has 3 rings (SSSR count). The summed E-state index contributed by atoms with van der Waals surface area (Å²) < 4.78 is 6.17. The molecule has 142 valence electrons. The van der Waals surface area contributed by atoms with Crippen molar-refractivity contribution < 1.29 is 14.3 Å². The first-order chi connectivity index (χ1) is 12.0. The SMILES string of the molecule is CCCN(CC1CC1)C(=O)CC1CCOC2(CCN(C(C)=O)CC2)C1. The second-order valence-corrected chi connectivity index (χ2v) is 8.38. The highest BCUT2D eigenvalue weighted by atomic mass is 16.5. The Kier molecular flexibility index (Phi) is 6.03. The summed E-state index contributed by atoms with van der Waals surface area (Å²) in [5.74, 6) is 1.70. The number of amides is 2. The van der Waals surface area contributed by atoms with Crippen molar-refractivity contribution in [1.29, 1.82) is 0 Å². The largest absolute Gasteiger partial charge is 0.375 e. The van der Waals surface area contributed by atoms with Crippen LogP contribution in [0.3, 0.4) is 0 Å². The fourth-order valence-electron chi connectivity index (χ4n) is 4.46. The molecule has 0 N–H and O–H groups in total. The van der Waals surface area contributed by atoms with Crippen molar-refractivity contribution in [2.45, 2.75) is 70.8 Å². The van der Waals surface area contributed by atoms with Crippen LogP contribution in [0.2, 0.25) is 0 Å². The molecule has 2 saturated heterocycles. The Hall–Kier alpha value is -1.10. The van der Waals surface area contributed by atoms with Gasteiger partial charge >= 0.3 is 0 Å². The van der Waals surface area contributed by atoms with E-state index in [9.17, 15) is 9.59 Å². The maximum absolute atomic E-state index is 12.8. The molecule has 1 aliphatic carbocycles. The second kappa shape index (κ2) is 8.07. The van der Waals surface area contributed by atoms with E-state index >= 15 is 0 Å². The number of carbonyl (C=O) groups is 2. The molecule has 25 heavy (non-hydrogen) atoms. The van der Waals surface area contributed by atoms with Gasteiger partial charge in [0.25, 0.3) is 0 Å². The van der Waals surface area contributed by atoms with E-state index in [1.165, 1.54) is 12.8 Å². The summed E-state index contributed by atoms with van der Waals surface area (Å²) in [6, 6.07) is 0. The molecule has 0 radical (unpaired) electrons. The first-order valence-corrected chi connectivity index (χ1v) is 10.2. The lowest BCUT2D eigenvalue weighted by molar-refractivity contribution is -0.148. The van der Waals surface area contributed by atoms with Gasteiger partial charge in [0.2, 0.25) is 11.8 Å². The molecular weight excluding hydrogens is 316 g/mol. The maximum atomic E-state index is 12.8. The lowest BCUT2D eigenvalue weighted by atomic mass is 9.78. The lowest BCUT2D eigenvalue weighted by Gasteiger charge is -2.46. The van der Waals surface area contributed by atoms with Gasteiger partial charge in [-0.05, 0) is 56.8 Å². The number of piperidine rings is 1. The molecule has 5 heteroatoms. The van der Waals surface area contributed by atoms with Gasteiger partial charge in [0.05, 0.1) is 5.60 Å². The minimum absolute atomic E-state index is 0.0960. The molecule has 3 aliphatic rings. The minimum atomic E-state index is -0.0960. The van der Waals surface area contributed by atoms with E-state index in [1.807, 2.05) is 4.90 Å². The van der Waals surface area contributed by atoms with E-state index in [-0.39, 0.29) is 11.5 Å². The number of ether oxygens (including phenoxy) is 1. The Morgan fingerprint density at radius 1 is 1.16 bits per heavy atom. The van der Waals surface area contributed by atoms with Gasteiger partial charge < -0.3 is 14.5 Å². The van der Waals surface area contributed by atoms with E-state index in [4.69, 9.17) is 4.74 Å². The van der Waals surface area contributed by atoms with Gasteiger partial charge in [0, 0.05) is 46.1 Å². The highest BCUT2D eigenvalue weighted by Crippen LogP contribution is 2.39. The smallest absolute Gasteiger partial charge is 0.222 e. The highest BCUT2D eigenvalue weighted by molar-refractivity contribution is 5.76. The van der Waals surface area contributed by atoms with Crippen LogP contribution in [0.1, 0.15) is 65.2 Å². The quantitative estimate of drug-likeness (QED) is 0.740. The van der Waals surface area contributed by atoms with Crippen LogP contribution >= 0.6 is 0 Å². The molecule has 1 unspecified atom stereocenters. The van der Waals surface area contributed by atoms with E-state index in [2.05, 4.69) is 11.8 Å². The Morgan fingerprint density at radius 2 is 1.88 bits per heavy atom. The highest BCUT2D eigenvalue weighted by Gasteiger charge is 2.41. The van der Waals surface area contributed by atoms with Crippen molar-refractivity contribution in [3.05, 3.63) is 0 Å². The van der Waals surface area contributed by atoms with Crippen molar-refractivity contribution in [2.75, 3.05) is 32.8 Å². The molecule has 0 aromatic carbocycles.